The first-order chi connectivity index (χ1) is 18.4. The molecule has 4 rings (SSSR count). The molecule has 1 unspecified atom stereocenters. The number of amides is 1. The van der Waals surface area contributed by atoms with Gasteiger partial charge in [0.1, 0.15) is 34.4 Å². The molecule has 1 fully saturated rings. The number of carbonyl (C=O) groups excluding carboxylic acids is 2. The van der Waals surface area contributed by atoms with Crippen molar-refractivity contribution in [2.75, 3.05) is 14.2 Å². The molecule has 0 aliphatic carbocycles. The van der Waals surface area contributed by atoms with E-state index in [9.17, 15) is 19.8 Å². The summed E-state index contributed by atoms with van der Waals surface area (Å²) in [5.41, 5.74) is 0.705. The van der Waals surface area contributed by atoms with Gasteiger partial charge in [-0.15, -0.1) is 0 Å². The van der Waals surface area contributed by atoms with Crippen LogP contribution in [0.5, 0.6) is 23.0 Å². The molecule has 0 saturated carbocycles. The Labute approximate surface area is 232 Å². The number of phenols is 1. The maximum Gasteiger partial charge on any atom is 0.295 e. The summed E-state index contributed by atoms with van der Waals surface area (Å²) in [5.74, 6) is -1.07. The summed E-state index contributed by atoms with van der Waals surface area (Å²) in [7, 11) is 2.82. The van der Waals surface area contributed by atoms with Gasteiger partial charge < -0.3 is 29.3 Å². The second kappa shape index (κ2) is 10.9. The van der Waals surface area contributed by atoms with Gasteiger partial charge in [0.2, 0.25) is 0 Å². The molecule has 1 amide bonds. The molecule has 1 atom stereocenters. The number of ketones is 1. The molecule has 3 aromatic rings. The predicted octanol–water partition coefficient (Wildman–Crippen LogP) is 5.86. The Hall–Kier alpha value is -4.17. The average molecular weight is 552 g/mol. The van der Waals surface area contributed by atoms with Crippen LogP contribution in [0.2, 0.25) is 5.02 Å². The molecule has 2 N–H and O–H groups in total. The number of halogens is 1. The monoisotopic (exact) mass is 551 g/mol. The van der Waals surface area contributed by atoms with Gasteiger partial charge in [-0.1, -0.05) is 41.9 Å². The Morgan fingerprint density at radius 1 is 0.949 bits per heavy atom. The number of para-hydroxylation sites is 1. The Kier molecular flexibility index (Phi) is 7.79. The van der Waals surface area contributed by atoms with E-state index in [1.54, 1.807) is 18.2 Å². The SMILES string of the molecule is COc1cc(/C(O)=C2\C(=O)C(=O)N(Cc3ccccc3OC(C)(C)C)C2c2ccc(O)cc2)c(OC)cc1Cl. The van der Waals surface area contributed by atoms with Crippen LogP contribution in [-0.4, -0.2) is 46.6 Å². The highest BCUT2D eigenvalue weighted by Crippen LogP contribution is 2.44. The van der Waals surface area contributed by atoms with Crippen LogP contribution in [0, 0.1) is 0 Å². The fourth-order valence-electron chi connectivity index (χ4n) is 4.48. The minimum absolute atomic E-state index is 0.0173. The van der Waals surface area contributed by atoms with Crippen molar-refractivity contribution in [3.8, 4) is 23.0 Å². The first-order valence-corrected chi connectivity index (χ1v) is 12.6. The van der Waals surface area contributed by atoms with Gasteiger partial charge in [-0.25, -0.2) is 0 Å². The van der Waals surface area contributed by atoms with Crippen molar-refractivity contribution < 1.29 is 34.0 Å². The Balaban J connectivity index is 1.90. The molecule has 0 aromatic heterocycles. The number of nitrogens with zero attached hydrogens (tertiary/aromatic N) is 1. The quantitative estimate of drug-likeness (QED) is 0.215. The molecule has 1 aliphatic rings. The van der Waals surface area contributed by atoms with Crippen LogP contribution in [0.1, 0.15) is 43.5 Å². The number of methoxy groups -OCH3 is 2. The molecule has 39 heavy (non-hydrogen) atoms. The number of aromatic hydroxyl groups is 1. The van der Waals surface area contributed by atoms with E-state index in [1.165, 1.54) is 43.4 Å². The van der Waals surface area contributed by atoms with E-state index >= 15 is 0 Å². The summed E-state index contributed by atoms with van der Waals surface area (Å²) >= 11 is 6.24. The lowest BCUT2D eigenvalue weighted by atomic mass is 9.94. The molecule has 3 aromatic carbocycles. The number of aliphatic hydroxyl groups is 1. The molecule has 1 saturated heterocycles. The van der Waals surface area contributed by atoms with E-state index in [4.69, 9.17) is 25.8 Å². The highest BCUT2D eigenvalue weighted by atomic mass is 35.5. The van der Waals surface area contributed by atoms with Crippen LogP contribution in [-0.2, 0) is 16.1 Å². The Bertz CT molecular complexity index is 1440. The van der Waals surface area contributed by atoms with Gasteiger partial charge in [0.25, 0.3) is 11.7 Å². The lowest BCUT2D eigenvalue weighted by Crippen LogP contribution is -2.30. The zero-order chi connectivity index (χ0) is 28.5. The zero-order valence-corrected chi connectivity index (χ0v) is 23.1. The molecule has 1 heterocycles. The van der Waals surface area contributed by atoms with Crippen molar-refractivity contribution in [3.63, 3.8) is 0 Å². The minimum atomic E-state index is -0.973. The number of ether oxygens (including phenoxy) is 3. The Morgan fingerprint density at radius 2 is 1.59 bits per heavy atom. The maximum absolute atomic E-state index is 13.5. The molecule has 0 radical (unpaired) electrons. The number of benzene rings is 3. The van der Waals surface area contributed by atoms with Crippen molar-refractivity contribution in [1.82, 2.24) is 4.90 Å². The normalized spacial score (nSPS) is 16.9. The number of aliphatic hydroxyl groups excluding tert-OH is 1. The van der Waals surface area contributed by atoms with Crippen molar-refractivity contribution >= 4 is 29.1 Å². The van der Waals surface area contributed by atoms with E-state index in [0.29, 0.717) is 16.9 Å². The fraction of sp³-hybridized carbons (Fsp3) is 0.267. The van der Waals surface area contributed by atoms with Gasteiger partial charge in [-0.2, -0.15) is 0 Å². The summed E-state index contributed by atoms with van der Waals surface area (Å²) in [6.07, 6.45) is 0. The number of Topliss-reactive ketones (excluding diaryl/α,β-unsaturated/α-hetero) is 1. The average Bonchev–Trinajstić information content (AvgIpc) is 3.13. The summed E-state index contributed by atoms with van der Waals surface area (Å²) in [6.45, 7) is 5.78. The first kappa shape index (κ1) is 27.9. The summed E-state index contributed by atoms with van der Waals surface area (Å²) < 4.78 is 16.8. The molecule has 204 valence electrons. The molecular weight excluding hydrogens is 522 g/mol. The van der Waals surface area contributed by atoms with Crippen LogP contribution >= 0.6 is 11.6 Å². The highest BCUT2D eigenvalue weighted by molar-refractivity contribution is 6.46. The molecule has 0 bridgehead atoms. The topological polar surface area (TPSA) is 106 Å². The van der Waals surface area contributed by atoms with Gasteiger partial charge in [0, 0.05) is 11.6 Å². The van der Waals surface area contributed by atoms with E-state index in [1.807, 2.05) is 39.0 Å². The summed E-state index contributed by atoms with van der Waals surface area (Å²) in [4.78, 5) is 28.4. The van der Waals surface area contributed by atoms with Gasteiger partial charge in [-0.05, 0) is 50.6 Å². The molecule has 8 nitrogen and oxygen atoms in total. The highest BCUT2D eigenvalue weighted by Gasteiger charge is 2.46. The third-order valence-corrected chi connectivity index (χ3v) is 6.50. The van der Waals surface area contributed by atoms with E-state index in [-0.39, 0.29) is 40.0 Å². The molecule has 0 spiro atoms. The van der Waals surface area contributed by atoms with Gasteiger partial charge in [0.05, 0.1) is 43.0 Å². The minimum Gasteiger partial charge on any atom is -0.508 e. The van der Waals surface area contributed by atoms with Gasteiger partial charge in [-0.3, -0.25) is 9.59 Å². The van der Waals surface area contributed by atoms with Crippen LogP contribution in [0.3, 0.4) is 0 Å². The predicted molar refractivity (Wildman–Crippen MR) is 147 cm³/mol. The first-order valence-electron chi connectivity index (χ1n) is 12.2. The van der Waals surface area contributed by atoms with E-state index in [2.05, 4.69) is 0 Å². The van der Waals surface area contributed by atoms with Crippen molar-refractivity contribution in [2.24, 2.45) is 0 Å². The number of rotatable bonds is 7. The largest absolute Gasteiger partial charge is 0.508 e. The van der Waals surface area contributed by atoms with Crippen molar-refractivity contribution in [1.29, 1.82) is 0 Å². The van der Waals surface area contributed by atoms with E-state index in [0.717, 1.165) is 0 Å². The summed E-state index contributed by atoms with van der Waals surface area (Å²) in [6, 6.07) is 15.3. The molecule has 1 aliphatic heterocycles. The number of likely N-dealkylation sites (tertiary alicyclic amines) is 1. The lowest BCUT2D eigenvalue weighted by molar-refractivity contribution is -0.140. The number of hydrogen-bond acceptors (Lipinski definition) is 7. The van der Waals surface area contributed by atoms with E-state index < -0.39 is 29.1 Å². The van der Waals surface area contributed by atoms with Gasteiger partial charge >= 0.3 is 0 Å². The maximum atomic E-state index is 13.5. The number of phenolic OH excluding ortho intramolecular Hbond substituents is 1. The number of hydrogen-bond donors (Lipinski definition) is 2. The molecule has 9 heteroatoms. The third kappa shape index (κ3) is 5.66. The second-order valence-electron chi connectivity index (χ2n) is 10.0. The standard InChI is InChI=1S/C30H30ClNO7/c1-30(2,3)39-22-9-7-6-8-18(22)16-32-26(17-10-12-19(33)13-11-17)25(28(35)29(32)36)27(34)20-14-24(38-5)21(31)15-23(20)37-4/h6-15,26,33-34H,16H2,1-5H3/b27-25+. The summed E-state index contributed by atoms with van der Waals surface area (Å²) in [5, 5.41) is 21.7. The fourth-order valence-corrected chi connectivity index (χ4v) is 4.72. The van der Waals surface area contributed by atoms with Crippen LogP contribution in [0.25, 0.3) is 5.76 Å². The van der Waals surface area contributed by atoms with Crippen molar-refractivity contribution in [3.05, 3.63) is 87.9 Å². The number of carbonyl (C=O) groups is 2. The molecular formula is C30H30ClNO7. The smallest absolute Gasteiger partial charge is 0.295 e. The Morgan fingerprint density at radius 3 is 2.21 bits per heavy atom. The van der Waals surface area contributed by atoms with Crippen LogP contribution in [0.15, 0.2) is 66.2 Å². The van der Waals surface area contributed by atoms with Gasteiger partial charge in [0.15, 0.2) is 0 Å². The third-order valence-electron chi connectivity index (χ3n) is 6.21. The van der Waals surface area contributed by atoms with Crippen LogP contribution < -0.4 is 14.2 Å². The second-order valence-corrected chi connectivity index (χ2v) is 10.4. The zero-order valence-electron chi connectivity index (χ0n) is 22.3. The van der Waals surface area contributed by atoms with Crippen LogP contribution in [0.4, 0.5) is 0 Å². The van der Waals surface area contributed by atoms with Crippen molar-refractivity contribution in [2.45, 2.75) is 39.0 Å². The lowest BCUT2D eigenvalue weighted by Gasteiger charge is -2.28.